The Labute approximate surface area is 118 Å². The lowest BCUT2D eigenvalue weighted by atomic mass is 10.0. The van der Waals surface area contributed by atoms with Gasteiger partial charge in [-0.05, 0) is 31.5 Å². The third kappa shape index (κ3) is 3.18. The maximum absolute atomic E-state index is 13.7. The fraction of sp³-hybridized carbons (Fsp3) is 0.200. The van der Waals surface area contributed by atoms with Gasteiger partial charge in [0.1, 0.15) is 17.5 Å². The van der Waals surface area contributed by atoms with Crippen molar-refractivity contribution in [2.24, 2.45) is 0 Å². The average Bonchev–Trinajstić information content (AvgIpc) is 2.37. The Hall–Kier alpha value is -1.29. The number of aryl methyl sites for hydroxylation is 1. The van der Waals surface area contributed by atoms with Gasteiger partial charge in [0.15, 0.2) is 0 Å². The average molecular weight is 329 g/mol. The van der Waals surface area contributed by atoms with Gasteiger partial charge < -0.3 is 0 Å². The van der Waals surface area contributed by atoms with Crippen LogP contribution < -0.4 is 0 Å². The van der Waals surface area contributed by atoms with Crippen molar-refractivity contribution in [2.45, 2.75) is 18.2 Å². The molecule has 0 bridgehead atoms. The molecule has 2 aromatic carbocycles. The lowest BCUT2D eigenvalue weighted by molar-refractivity contribution is 0.550. The van der Waals surface area contributed by atoms with Crippen LogP contribution in [-0.2, 0) is 6.42 Å². The molecule has 0 N–H and O–H groups in total. The summed E-state index contributed by atoms with van der Waals surface area (Å²) in [5, 5.41) is 0. The van der Waals surface area contributed by atoms with Gasteiger partial charge in [0.25, 0.3) is 0 Å². The summed E-state index contributed by atoms with van der Waals surface area (Å²) < 4.78 is 40.8. The summed E-state index contributed by atoms with van der Waals surface area (Å²) in [5.41, 5.74) is 1.27. The van der Waals surface area contributed by atoms with Gasteiger partial charge in [0.2, 0.25) is 0 Å². The van der Waals surface area contributed by atoms with Crippen LogP contribution in [0.1, 0.15) is 21.5 Å². The molecule has 0 saturated carbocycles. The molecule has 2 aromatic rings. The summed E-state index contributed by atoms with van der Waals surface area (Å²) in [6.07, 6.45) is 0.0544. The molecule has 4 heteroatoms. The fourth-order valence-electron chi connectivity index (χ4n) is 1.92. The van der Waals surface area contributed by atoms with Gasteiger partial charge >= 0.3 is 0 Å². The third-order valence-electron chi connectivity index (χ3n) is 2.93. The number of alkyl halides is 1. The first-order chi connectivity index (χ1) is 8.99. The van der Waals surface area contributed by atoms with Crippen LogP contribution in [0.5, 0.6) is 0 Å². The lowest BCUT2D eigenvalue weighted by Gasteiger charge is -2.13. The van der Waals surface area contributed by atoms with Crippen molar-refractivity contribution in [2.75, 3.05) is 0 Å². The highest BCUT2D eigenvalue weighted by atomic mass is 79.9. The van der Waals surface area contributed by atoms with E-state index in [0.717, 1.165) is 5.56 Å². The Balaban J connectivity index is 2.31. The molecule has 19 heavy (non-hydrogen) atoms. The van der Waals surface area contributed by atoms with E-state index in [2.05, 4.69) is 15.9 Å². The third-order valence-corrected chi connectivity index (χ3v) is 3.75. The smallest absolute Gasteiger partial charge is 0.129 e. The van der Waals surface area contributed by atoms with Gasteiger partial charge in [-0.25, -0.2) is 13.2 Å². The van der Waals surface area contributed by atoms with E-state index in [0.29, 0.717) is 5.56 Å². The first-order valence-corrected chi connectivity index (χ1v) is 6.73. The second-order valence-corrected chi connectivity index (χ2v) is 5.50. The quantitative estimate of drug-likeness (QED) is 0.688. The van der Waals surface area contributed by atoms with Crippen molar-refractivity contribution < 1.29 is 13.2 Å². The van der Waals surface area contributed by atoms with Crippen LogP contribution in [0.25, 0.3) is 0 Å². The molecule has 0 spiro atoms. The molecular formula is C15H12BrF3. The minimum atomic E-state index is -0.613. The molecule has 0 aliphatic rings. The normalized spacial score (nSPS) is 12.5. The predicted octanol–water partition coefficient (Wildman–Crippen LogP) is 5.09. The maximum atomic E-state index is 13.7. The fourth-order valence-corrected chi connectivity index (χ4v) is 2.59. The number of hydrogen-bond donors (Lipinski definition) is 0. The van der Waals surface area contributed by atoms with Crippen LogP contribution in [0.15, 0.2) is 36.4 Å². The van der Waals surface area contributed by atoms with Crippen LogP contribution in [0.4, 0.5) is 13.2 Å². The maximum Gasteiger partial charge on any atom is 0.129 e. The van der Waals surface area contributed by atoms with Crippen LogP contribution in [0.3, 0.4) is 0 Å². The highest BCUT2D eigenvalue weighted by Crippen LogP contribution is 2.31. The van der Waals surface area contributed by atoms with E-state index >= 15 is 0 Å². The van der Waals surface area contributed by atoms with Crippen LogP contribution >= 0.6 is 15.9 Å². The summed E-state index contributed by atoms with van der Waals surface area (Å²) in [5.74, 6) is -1.61. The van der Waals surface area contributed by atoms with Gasteiger partial charge in [0.05, 0.1) is 0 Å². The van der Waals surface area contributed by atoms with Gasteiger partial charge in [-0.2, -0.15) is 0 Å². The number of benzene rings is 2. The molecule has 1 atom stereocenters. The molecule has 2 rings (SSSR count). The van der Waals surface area contributed by atoms with Crippen LogP contribution in [0.2, 0.25) is 0 Å². The van der Waals surface area contributed by atoms with Gasteiger partial charge in [-0.15, -0.1) is 0 Å². The molecule has 0 nitrogen and oxygen atoms in total. The molecule has 0 aromatic heterocycles. The van der Waals surface area contributed by atoms with Gasteiger partial charge in [-0.1, -0.05) is 39.7 Å². The highest BCUT2D eigenvalue weighted by Gasteiger charge is 2.18. The SMILES string of the molecule is Cc1ccc(F)c(C(Br)Cc2c(F)cccc2F)c1. The molecule has 0 saturated heterocycles. The predicted molar refractivity (Wildman–Crippen MR) is 72.9 cm³/mol. The standard InChI is InChI=1S/C15H12BrF3/c1-9-5-6-15(19)10(7-9)12(16)8-11-13(17)3-2-4-14(11)18/h2-7,12H,8H2,1H3. The van der Waals surface area contributed by atoms with E-state index in [9.17, 15) is 13.2 Å². The molecular weight excluding hydrogens is 317 g/mol. The van der Waals surface area contributed by atoms with E-state index < -0.39 is 16.5 Å². The molecule has 0 fully saturated rings. The Bertz CT molecular complexity index is 576. The largest absolute Gasteiger partial charge is 0.207 e. The van der Waals surface area contributed by atoms with Gasteiger partial charge in [-0.3, -0.25) is 0 Å². The summed E-state index contributed by atoms with van der Waals surface area (Å²) in [6.45, 7) is 1.84. The number of rotatable bonds is 3. The monoisotopic (exact) mass is 328 g/mol. The second-order valence-electron chi connectivity index (χ2n) is 4.40. The summed E-state index contributed by atoms with van der Waals surface area (Å²) in [6, 6.07) is 8.40. The number of halogens is 4. The van der Waals surface area contributed by atoms with E-state index in [-0.39, 0.29) is 17.8 Å². The Morgan fingerprint density at radius 3 is 2.26 bits per heavy atom. The van der Waals surface area contributed by atoms with Crippen molar-refractivity contribution >= 4 is 15.9 Å². The minimum Gasteiger partial charge on any atom is -0.207 e. The zero-order valence-electron chi connectivity index (χ0n) is 10.3. The molecule has 0 aliphatic heterocycles. The minimum absolute atomic E-state index is 0.0368. The van der Waals surface area contributed by atoms with Crippen LogP contribution in [0, 0.1) is 24.4 Å². The Morgan fingerprint density at radius 2 is 1.63 bits per heavy atom. The molecule has 100 valence electrons. The van der Waals surface area contributed by atoms with Crippen LogP contribution in [-0.4, -0.2) is 0 Å². The van der Waals surface area contributed by atoms with Crippen molar-refractivity contribution in [1.82, 2.24) is 0 Å². The number of hydrogen-bond acceptors (Lipinski definition) is 0. The molecule has 1 unspecified atom stereocenters. The Morgan fingerprint density at radius 1 is 1.00 bits per heavy atom. The molecule has 0 radical (unpaired) electrons. The molecule has 0 heterocycles. The van der Waals surface area contributed by atoms with Crippen molar-refractivity contribution in [3.8, 4) is 0 Å². The topological polar surface area (TPSA) is 0 Å². The van der Waals surface area contributed by atoms with Crippen molar-refractivity contribution in [1.29, 1.82) is 0 Å². The summed E-state index contributed by atoms with van der Waals surface area (Å²) >= 11 is 3.30. The Kier molecular flexibility index (Phi) is 4.30. The lowest BCUT2D eigenvalue weighted by Crippen LogP contribution is -2.03. The van der Waals surface area contributed by atoms with Crippen molar-refractivity contribution in [3.05, 3.63) is 70.5 Å². The summed E-state index contributed by atoms with van der Waals surface area (Å²) in [7, 11) is 0. The van der Waals surface area contributed by atoms with Gasteiger partial charge in [0, 0.05) is 16.0 Å². The molecule has 0 amide bonds. The van der Waals surface area contributed by atoms with E-state index in [1.807, 2.05) is 6.92 Å². The molecule has 0 aliphatic carbocycles. The summed E-state index contributed by atoms with van der Waals surface area (Å²) in [4.78, 5) is -0.473. The van der Waals surface area contributed by atoms with E-state index in [4.69, 9.17) is 0 Å². The first kappa shape index (κ1) is 14.1. The van der Waals surface area contributed by atoms with E-state index in [1.165, 1.54) is 24.3 Å². The zero-order valence-corrected chi connectivity index (χ0v) is 11.8. The zero-order chi connectivity index (χ0) is 14.0. The first-order valence-electron chi connectivity index (χ1n) is 5.82. The second kappa shape index (κ2) is 5.78. The van der Waals surface area contributed by atoms with Crippen molar-refractivity contribution in [3.63, 3.8) is 0 Å². The van der Waals surface area contributed by atoms with E-state index in [1.54, 1.807) is 12.1 Å². The highest BCUT2D eigenvalue weighted by molar-refractivity contribution is 9.09.